The Kier molecular flexibility index (Phi) is 5.53. The van der Waals surface area contributed by atoms with Crippen LogP contribution in [0.5, 0.6) is 0 Å². The average Bonchev–Trinajstić information content (AvgIpc) is 3.06. The normalized spacial score (nSPS) is 19.4. The molecule has 0 aliphatic carbocycles. The van der Waals surface area contributed by atoms with Gasteiger partial charge in [-0.15, -0.1) is 0 Å². The van der Waals surface area contributed by atoms with Crippen LogP contribution in [0.15, 0.2) is 35.0 Å². The van der Waals surface area contributed by atoms with Crippen molar-refractivity contribution in [2.24, 2.45) is 5.92 Å². The highest BCUT2D eigenvalue weighted by molar-refractivity contribution is 5.89. The number of aryl methyl sites for hydroxylation is 1. The third-order valence-corrected chi connectivity index (χ3v) is 5.76. The zero-order valence-electron chi connectivity index (χ0n) is 17.9. The quantitative estimate of drug-likeness (QED) is 0.573. The Balaban J connectivity index is 1.47. The summed E-state index contributed by atoms with van der Waals surface area (Å²) in [7, 11) is 0. The van der Waals surface area contributed by atoms with E-state index in [1.807, 2.05) is 32.6 Å². The number of amides is 2. The number of furan rings is 1. The molecule has 1 saturated heterocycles. The van der Waals surface area contributed by atoms with Crippen LogP contribution in [-0.2, 0) is 0 Å². The maximum Gasteiger partial charge on any atom is 0.319 e. The summed E-state index contributed by atoms with van der Waals surface area (Å²) >= 11 is 0. The molecule has 1 aromatic carbocycles. The highest BCUT2D eigenvalue weighted by Gasteiger charge is 2.35. The average molecular weight is 427 g/mol. The largest absolute Gasteiger partial charge is 0.459 e. The van der Waals surface area contributed by atoms with Crippen LogP contribution in [0, 0.1) is 18.7 Å². The van der Waals surface area contributed by atoms with E-state index in [1.165, 1.54) is 24.5 Å². The predicted octanol–water partition coefficient (Wildman–Crippen LogP) is 3.76. The van der Waals surface area contributed by atoms with Crippen molar-refractivity contribution in [3.05, 3.63) is 47.7 Å². The number of hydrogen-bond donors (Lipinski definition) is 3. The molecule has 2 unspecified atom stereocenters. The second kappa shape index (κ2) is 8.14. The number of hydrogen-bond acceptors (Lipinski definition) is 6. The number of β-amino-alcohol motifs (C(OH)–C–C–N with tert-alkyl or cyclic N) is 1. The summed E-state index contributed by atoms with van der Waals surface area (Å²) in [5.41, 5.74) is 1.82. The van der Waals surface area contributed by atoms with E-state index in [-0.39, 0.29) is 23.9 Å². The highest BCUT2D eigenvalue weighted by Crippen LogP contribution is 2.33. The van der Waals surface area contributed by atoms with Crippen molar-refractivity contribution in [1.82, 2.24) is 15.3 Å². The number of aromatic nitrogens is 2. The fourth-order valence-corrected chi connectivity index (χ4v) is 3.74. The Hall–Kier alpha value is -3.20. The summed E-state index contributed by atoms with van der Waals surface area (Å²) in [5, 5.41) is 16.0. The molecule has 2 aromatic heterocycles. The van der Waals surface area contributed by atoms with Gasteiger partial charge < -0.3 is 25.1 Å². The van der Waals surface area contributed by atoms with Crippen LogP contribution in [0.1, 0.15) is 38.1 Å². The number of nitrogens with one attached hydrogen (secondary N) is 2. The Labute approximate surface area is 179 Å². The number of benzene rings is 1. The van der Waals surface area contributed by atoms with Gasteiger partial charge in [-0.2, -0.15) is 0 Å². The summed E-state index contributed by atoms with van der Waals surface area (Å²) in [4.78, 5) is 23.1. The molecule has 0 radical (unpaired) electrons. The summed E-state index contributed by atoms with van der Waals surface area (Å²) in [6, 6.07) is 3.52. The molecule has 3 heterocycles. The van der Waals surface area contributed by atoms with Crippen molar-refractivity contribution in [3.8, 4) is 0 Å². The van der Waals surface area contributed by atoms with Crippen molar-refractivity contribution in [1.29, 1.82) is 0 Å². The van der Waals surface area contributed by atoms with E-state index in [1.54, 1.807) is 6.07 Å². The van der Waals surface area contributed by atoms with Crippen LogP contribution < -0.4 is 15.5 Å². The molecule has 3 aromatic rings. The van der Waals surface area contributed by atoms with E-state index in [0.717, 1.165) is 5.56 Å². The number of aliphatic hydroxyl groups excluding tert-OH is 1. The molecule has 1 fully saturated rings. The number of urea groups is 1. The minimum Gasteiger partial charge on any atom is -0.459 e. The van der Waals surface area contributed by atoms with Crippen LogP contribution in [0.2, 0.25) is 0 Å². The van der Waals surface area contributed by atoms with Gasteiger partial charge >= 0.3 is 6.03 Å². The van der Waals surface area contributed by atoms with E-state index in [4.69, 9.17) is 4.42 Å². The van der Waals surface area contributed by atoms with Crippen LogP contribution in [0.25, 0.3) is 11.0 Å². The number of rotatable bonds is 5. The van der Waals surface area contributed by atoms with Gasteiger partial charge in [0.25, 0.3) is 0 Å². The first-order valence-corrected chi connectivity index (χ1v) is 10.3. The van der Waals surface area contributed by atoms with E-state index in [2.05, 4.69) is 20.6 Å². The Bertz CT molecular complexity index is 1100. The Morgan fingerprint density at radius 3 is 2.65 bits per heavy atom. The van der Waals surface area contributed by atoms with Crippen LogP contribution >= 0.6 is 0 Å². The molecule has 4 rings (SSSR count). The first kappa shape index (κ1) is 21.0. The molecular weight excluding hydrogens is 401 g/mol. The van der Waals surface area contributed by atoms with Gasteiger partial charge in [0.05, 0.1) is 36.3 Å². The van der Waals surface area contributed by atoms with Gasteiger partial charge in [-0.25, -0.2) is 19.2 Å². The molecule has 0 bridgehead atoms. The van der Waals surface area contributed by atoms with E-state index >= 15 is 0 Å². The van der Waals surface area contributed by atoms with Gasteiger partial charge in [0.1, 0.15) is 17.2 Å². The second-order valence-electron chi connectivity index (χ2n) is 8.28. The fraction of sp³-hybridized carbons (Fsp3) is 0.409. The maximum atomic E-state index is 13.6. The summed E-state index contributed by atoms with van der Waals surface area (Å²) < 4.78 is 19.6. The van der Waals surface area contributed by atoms with E-state index in [0.29, 0.717) is 34.9 Å². The summed E-state index contributed by atoms with van der Waals surface area (Å²) in [5.74, 6) is 0.810. The molecule has 2 amide bonds. The lowest BCUT2D eigenvalue weighted by atomic mass is 9.98. The molecule has 1 aliphatic rings. The molecule has 0 saturated carbocycles. The van der Waals surface area contributed by atoms with Crippen LogP contribution in [0.4, 0.5) is 20.8 Å². The first-order chi connectivity index (χ1) is 14.7. The molecule has 3 atom stereocenters. The number of carbonyl (C=O) groups excluding carboxylic acids is 1. The lowest BCUT2D eigenvalue weighted by Crippen LogP contribution is -2.59. The van der Waals surface area contributed by atoms with Gasteiger partial charge in [0, 0.05) is 17.5 Å². The van der Waals surface area contributed by atoms with Gasteiger partial charge in [0.2, 0.25) is 5.95 Å². The molecule has 9 heteroatoms. The van der Waals surface area contributed by atoms with Crippen LogP contribution in [-0.4, -0.2) is 39.8 Å². The highest BCUT2D eigenvalue weighted by atomic mass is 19.1. The zero-order valence-corrected chi connectivity index (χ0v) is 17.9. The number of anilines is 2. The van der Waals surface area contributed by atoms with E-state index < -0.39 is 12.1 Å². The molecule has 1 aliphatic heterocycles. The third kappa shape index (κ3) is 4.05. The molecular formula is C22H26FN5O3. The number of fused-ring (bicyclic) bond motifs is 1. The van der Waals surface area contributed by atoms with Gasteiger partial charge in [-0.3, -0.25) is 0 Å². The predicted molar refractivity (Wildman–Crippen MR) is 115 cm³/mol. The summed E-state index contributed by atoms with van der Waals surface area (Å²) in [6.07, 6.45) is 2.68. The zero-order chi connectivity index (χ0) is 22.3. The van der Waals surface area contributed by atoms with Crippen LogP contribution in [0.3, 0.4) is 0 Å². The molecule has 3 N–H and O–H groups in total. The lowest BCUT2D eigenvalue weighted by Gasteiger charge is -2.43. The molecule has 31 heavy (non-hydrogen) atoms. The molecule has 8 nitrogen and oxygen atoms in total. The van der Waals surface area contributed by atoms with Crippen molar-refractivity contribution in [2.75, 3.05) is 16.8 Å². The Morgan fingerprint density at radius 2 is 2.03 bits per heavy atom. The van der Waals surface area contributed by atoms with Gasteiger partial charge in [0.15, 0.2) is 0 Å². The van der Waals surface area contributed by atoms with Gasteiger partial charge in [-0.05, 0) is 38.0 Å². The van der Waals surface area contributed by atoms with Crippen molar-refractivity contribution < 1.29 is 18.7 Å². The smallest absolute Gasteiger partial charge is 0.319 e. The number of aliphatic hydroxyl groups is 1. The third-order valence-electron chi connectivity index (χ3n) is 5.76. The minimum absolute atomic E-state index is 0.0329. The van der Waals surface area contributed by atoms with Crippen molar-refractivity contribution in [3.63, 3.8) is 0 Å². The number of nitrogens with zero attached hydrogens (tertiary/aromatic N) is 3. The minimum atomic E-state index is -0.422. The monoisotopic (exact) mass is 427 g/mol. The summed E-state index contributed by atoms with van der Waals surface area (Å²) in [6.45, 7) is 8.19. The Morgan fingerprint density at radius 1 is 1.32 bits per heavy atom. The maximum absolute atomic E-state index is 13.6. The number of halogens is 1. The standard InChI is InChI=1S/C22H26FN5O3/c1-11(2)19(20-12(3)16-7-14(23)5-6-18(16)31-20)27-22(30)26-15-8-24-21(25-9-15)28-10-17(29)13(28)4/h5-9,11,13,17,19,29H,10H2,1-4H3,(H2,26,27,30)/t13?,17?,19-/m0/s1. The first-order valence-electron chi connectivity index (χ1n) is 10.3. The van der Waals surface area contributed by atoms with Gasteiger partial charge in [-0.1, -0.05) is 13.8 Å². The lowest BCUT2D eigenvalue weighted by molar-refractivity contribution is 0.0979. The van der Waals surface area contributed by atoms with Crippen molar-refractivity contribution in [2.45, 2.75) is 45.9 Å². The molecule has 164 valence electrons. The SMILES string of the molecule is Cc1c([C@@H](NC(=O)Nc2cnc(N3CC(O)C3C)nc2)C(C)C)oc2ccc(F)cc12. The second-order valence-corrected chi connectivity index (χ2v) is 8.28. The number of carbonyl (C=O) groups is 1. The molecule has 0 spiro atoms. The fourth-order valence-electron chi connectivity index (χ4n) is 3.74. The van der Waals surface area contributed by atoms with Crippen molar-refractivity contribution >= 4 is 28.6 Å². The van der Waals surface area contributed by atoms with E-state index in [9.17, 15) is 14.3 Å². The topological polar surface area (TPSA) is 104 Å².